The molecule has 145 heavy (non-hydrogen) atoms. The van der Waals surface area contributed by atoms with Gasteiger partial charge in [-0.1, -0.05) is 336 Å². The highest BCUT2D eigenvalue weighted by Crippen LogP contribution is 2.60. The van der Waals surface area contributed by atoms with Crippen LogP contribution >= 0.6 is 0 Å². The zero-order valence-electron chi connectivity index (χ0n) is 94.5. The van der Waals surface area contributed by atoms with Gasteiger partial charge in [-0.15, -0.1) is 0 Å². The Hall–Kier alpha value is -12.5. The van der Waals surface area contributed by atoms with E-state index in [1.165, 1.54) is 253 Å². The molecule has 0 spiro atoms. The van der Waals surface area contributed by atoms with Gasteiger partial charge in [0.15, 0.2) is 0 Å². The van der Waals surface area contributed by atoms with Gasteiger partial charge < -0.3 is 58.8 Å². The molecule has 9 aromatic carbocycles. The number of hydrogen-bond acceptors (Lipinski definition) is 12. The maximum Gasteiger partial charge on any atom is 0.113 e. The summed E-state index contributed by atoms with van der Waals surface area (Å²) in [6.45, 7) is 36.3. The molecule has 12 heterocycles. The lowest BCUT2D eigenvalue weighted by atomic mass is 9.68. The second kappa shape index (κ2) is 41.1. The van der Waals surface area contributed by atoms with Crippen LogP contribution in [0.3, 0.4) is 0 Å². The van der Waals surface area contributed by atoms with E-state index >= 15 is 0 Å². The minimum Gasteiger partial charge on any atom is -0.331 e. The van der Waals surface area contributed by atoms with Crippen LogP contribution in [0, 0.1) is 93.3 Å². The number of para-hydroxylation sites is 6. The van der Waals surface area contributed by atoms with Crippen LogP contribution in [-0.2, 0) is 5.41 Å². The fourth-order valence-corrected chi connectivity index (χ4v) is 28.6. The summed E-state index contributed by atoms with van der Waals surface area (Å²) >= 11 is 0. The van der Waals surface area contributed by atoms with Gasteiger partial charge in [-0.05, 0) is 269 Å². The Balaban J connectivity index is 0.000000106. The van der Waals surface area contributed by atoms with Crippen molar-refractivity contribution in [3.05, 3.63) is 429 Å². The molecular formula is C133H160N12. The topological polar surface area (TPSA) is 38.9 Å². The standard InChI is InChI=1S/C31H32N2.C25H28N2.C21H28N2.2C20H26N2.C16H20N2/c1-23-13-9-12-20-28(23)33-24(2)29-31(26-16-5-3-6-17-26,27-18-7-4-8-19-27)21-22-32(29)30(33)25-14-10-11-15-25;1-18-10-6-9-15-23(18)27-19(2)24-22(20-11-4-3-5-12-20)16-17-26(24)25(27)21-13-7-8-14-21;1-16-9-7-8-12-19(16)23-15-22-14-13-21(3,20(22)17(23)2)18-10-5-4-6-11-18;1-15-8-4-7-11-18(15)22-14-21-13-12-20(3,19(21)16(22)2)17-9-5-6-10-17;1-14-8-4-7-11-18(14)22-16(3)19-15(2)12-13-21(19)20(22)17-9-5-6-10-17;1-12-7-5-6-8-14(12)18-11-17-10-9-16(3,4)15(17)13(18)2/h3-9,12-13,16-22,25,30H,10-11,14-15H2,1-2H3;3-6,9-12,15-17,21-22,25H,7-8,13-14H2,1-2H3;7-9,12-14,18H,4-6,10-11,15H2,1-3H3;4,7-8,11-13,17H,5-6,9-10,14H2,1-3H3;4,7-8,11-13,15,17,20H,5-6,9-10H2,1-3H3;5-10H,11H2,1-4H3/i;22D;15D;14D;15D;11D. The first-order valence-corrected chi connectivity index (χ1v) is 55.0. The highest BCUT2D eigenvalue weighted by molar-refractivity contribution is 5.71. The fourth-order valence-electron chi connectivity index (χ4n) is 28.6. The van der Waals surface area contributed by atoms with Crippen LogP contribution in [0.1, 0.15) is 274 Å². The molecule has 0 amide bonds. The average molecular weight is 1930 g/mol. The number of anilines is 6. The Morgan fingerprint density at radius 1 is 0.276 bits per heavy atom. The van der Waals surface area contributed by atoms with Gasteiger partial charge in [0.25, 0.3) is 0 Å². The summed E-state index contributed by atoms with van der Waals surface area (Å²) in [4.78, 5) is 28.1. The van der Waals surface area contributed by atoms with Gasteiger partial charge in [0, 0.05) is 159 Å². The summed E-state index contributed by atoms with van der Waals surface area (Å²) in [7, 11) is 0. The molecule has 10 unspecified atom stereocenters. The fraction of sp³-hybridized carbons (Fsp3) is 0.414. The summed E-state index contributed by atoms with van der Waals surface area (Å²) in [5.74, 6) is 1.98. The van der Waals surface area contributed by atoms with Crippen LogP contribution in [0.25, 0.3) is 0 Å². The average Bonchev–Trinajstić information content (AvgIpc) is 1.66. The van der Waals surface area contributed by atoms with E-state index in [0.29, 0.717) is 36.0 Å². The summed E-state index contributed by atoms with van der Waals surface area (Å²) < 4.78 is 44.3. The van der Waals surface area contributed by atoms with Gasteiger partial charge in [0.2, 0.25) is 0 Å². The van der Waals surface area contributed by atoms with E-state index in [-0.39, 0.29) is 41.1 Å². The smallest absolute Gasteiger partial charge is 0.113 e. The van der Waals surface area contributed by atoms with Gasteiger partial charge >= 0.3 is 0 Å². The van der Waals surface area contributed by atoms with Crippen molar-refractivity contribution >= 4 is 34.1 Å². The van der Waals surface area contributed by atoms with Crippen LogP contribution in [-0.4, -0.2) is 67.8 Å². The summed E-state index contributed by atoms with van der Waals surface area (Å²) in [5, 5.41) is 0. The molecule has 0 N–H and O–H groups in total. The lowest BCUT2D eigenvalue weighted by Gasteiger charge is -2.37. The van der Waals surface area contributed by atoms with Crippen molar-refractivity contribution in [2.45, 2.75) is 282 Å². The van der Waals surface area contributed by atoms with Gasteiger partial charge in [0.1, 0.15) is 18.5 Å². The highest BCUT2D eigenvalue weighted by atomic mass is 15.5. The minimum absolute atomic E-state index is 0.0147. The number of allylic oxidation sites excluding steroid dienone is 12. The summed E-state index contributed by atoms with van der Waals surface area (Å²) in [6.07, 6.45) is 55.4. The molecule has 5 aliphatic carbocycles. The monoisotopic (exact) mass is 1930 g/mol. The largest absolute Gasteiger partial charge is 0.331 e. The molecule has 0 radical (unpaired) electrons. The molecule has 5 fully saturated rings. The molecule has 9 aromatic rings. The normalized spacial score (nSPS) is 28.2. The van der Waals surface area contributed by atoms with E-state index in [1.807, 2.05) is 43.3 Å². The Bertz CT molecular complexity index is 6850. The number of fused-ring (bicyclic) bond motifs is 6. The number of rotatable bonds is 14. The number of hydrogen-bond donors (Lipinski definition) is 0. The molecule has 752 valence electrons. The van der Waals surface area contributed by atoms with Crippen molar-refractivity contribution in [2.75, 3.05) is 49.3 Å². The first-order valence-electron chi connectivity index (χ1n) is 57.7. The molecular weight excluding hydrogens is 1770 g/mol. The predicted molar refractivity (Wildman–Crippen MR) is 606 cm³/mol. The number of aryl methyl sites for hydroxylation is 6. The maximum absolute atomic E-state index is 9.43. The van der Waals surface area contributed by atoms with Crippen molar-refractivity contribution in [3.63, 3.8) is 0 Å². The molecule has 10 atom stereocenters. The third-order valence-electron chi connectivity index (χ3n) is 35.9. The molecule has 26 rings (SSSR count). The van der Waals surface area contributed by atoms with Crippen molar-refractivity contribution in [2.24, 2.45) is 51.7 Å². The van der Waals surface area contributed by atoms with Crippen LogP contribution in [0.5, 0.6) is 0 Å². The number of benzene rings is 9. The van der Waals surface area contributed by atoms with Crippen molar-refractivity contribution in [1.82, 2.24) is 29.4 Å². The van der Waals surface area contributed by atoms with Gasteiger partial charge in [0.05, 0.1) is 40.9 Å². The second-order valence-electron chi connectivity index (χ2n) is 45.2. The van der Waals surface area contributed by atoms with Gasteiger partial charge in [-0.2, -0.15) is 0 Å². The molecule has 0 bridgehead atoms. The molecule has 5 saturated carbocycles. The third-order valence-corrected chi connectivity index (χ3v) is 35.9. The first-order chi connectivity index (χ1) is 72.3. The summed E-state index contributed by atoms with van der Waals surface area (Å²) in [6, 6.07) is 83.8. The predicted octanol–water partition coefficient (Wildman–Crippen LogP) is 32.9. The molecule has 17 aliphatic rings. The Kier molecular flexibility index (Phi) is 26.1. The van der Waals surface area contributed by atoms with Crippen LogP contribution in [0.4, 0.5) is 34.1 Å². The van der Waals surface area contributed by atoms with Crippen molar-refractivity contribution in [3.8, 4) is 0 Å². The van der Waals surface area contributed by atoms with Crippen molar-refractivity contribution < 1.29 is 6.85 Å². The van der Waals surface area contributed by atoms with Crippen LogP contribution in [0.2, 0.25) is 0 Å². The quantitative estimate of drug-likeness (QED) is 0.104. The third kappa shape index (κ3) is 17.8. The Morgan fingerprint density at radius 3 is 0.979 bits per heavy atom. The zero-order chi connectivity index (χ0) is 105. The van der Waals surface area contributed by atoms with E-state index in [4.69, 9.17) is 5.48 Å². The summed E-state index contributed by atoms with van der Waals surface area (Å²) in [5.41, 5.74) is 33.8. The SMILES string of the molecule is CC1=C2N(C=CC2(c2ccccc2)c2ccccc2)C(C2CCCC2)N1c1ccccc1C.[2H]C1(C)C=CN2C1=C(C)N(c1ccccc1C)C2C1CCCC1.[2H]C1(c2ccccc2)C=CN2C1=C(C)N(c1ccccc1C)C2C1CCCC1.[2H]C1N2C=CC(C)(C)C2=C(C)N1c1ccccc1C.[2H]C1N2C=CC(C)(C3CCCC3)C2=C(C)N1c1ccccc1C.[2H]C1N2C=CC(C)(C3CCCCC3)C2=C(C)N1c1ccccc1C. The number of nitrogens with zero attached hydrogens (tertiary/aromatic N) is 12. The van der Waals surface area contributed by atoms with Crippen LogP contribution < -0.4 is 29.4 Å². The molecule has 12 nitrogen and oxygen atoms in total. The Labute approximate surface area is 877 Å². The van der Waals surface area contributed by atoms with E-state index < -0.39 is 18.4 Å². The Morgan fingerprint density at radius 2 is 0.586 bits per heavy atom. The molecule has 12 aliphatic heterocycles. The molecule has 12 heteroatoms. The van der Waals surface area contributed by atoms with E-state index in [0.717, 1.165) is 39.9 Å². The lowest BCUT2D eigenvalue weighted by Crippen LogP contribution is -2.43. The van der Waals surface area contributed by atoms with Gasteiger partial charge in [-0.25, -0.2) is 0 Å². The zero-order valence-corrected chi connectivity index (χ0v) is 89.5. The van der Waals surface area contributed by atoms with Crippen molar-refractivity contribution in [1.29, 1.82) is 0 Å². The second-order valence-corrected chi connectivity index (χ2v) is 45.2. The van der Waals surface area contributed by atoms with Crippen LogP contribution in [0.15, 0.2) is 379 Å². The lowest BCUT2D eigenvalue weighted by molar-refractivity contribution is 0.213. The molecule has 0 saturated heterocycles. The highest BCUT2D eigenvalue weighted by Gasteiger charge is 2.56. The minimum atomic E-state index is -0.820. The van der Waals surface area contributed by atoms with E-state index in [1.54, 1.807) is 0 Å². The van der Waals surface area contributed by atoms with E-state index in [2.05, 4.69) is 443 Å². The van der Waals surface area contributed by atoms with E-state index in [9.17, 15) is 1.37 Å². The maximum atomic E-state index is 9.43. The van der Waals surface area contributed by atoms with Gasteiger partial charge in [-0.3, -0.25) is 0 Å². The molecule has 0 aromatic heterocycles. The first kappa shape index (κ1) is 92.3.